The van der Waals surface area contributed by atoms with Crippen LogP contribution in [-0.2, 0) is 19.4 Å². The lowest BCUT2D eigenvalue weighted by molar-refractivity contribution is -0.156. The fourth-order valence-corrected chi connectivity index (χ4v) is 2.56. The summed E-state index contributed by atoms with van der Waals surface area (Å²) >= 11 is 1.38. The van der Waals surface area contributed by atoms with Gasteiger partial charge in [0.1, 0.15) is 26.5 Å². The number of nitrogens with zero attached hydrogens (tertiary/aromatic N) is 2. The number of rotatable bonds is 6. The molecule has 0 spiro atoms. The monoisotopic (exact) mass is 332 g/mol. The molecule has 0 bridgehead atoms. The average Bonchev–Trinajstić information content (AvgIpc) is 2.77. The van der Waals surface area contributed by atoms with Crippen LogP contribution in [0.15, 0.2) is 16.6 Å². The molecular formula is C13H20N2O4S2. The van der Waals surface area contributed by atoms with Crippen molar-refractivity contribution < 1.29 is 17.9 Å². The van der Waals surface area contributed by atoms with E-state index in [4.69, 9.17) is 4.74 Å². The van der Waals surface area contributed by atoms with Gasteiger partial charge in [-0.15, -0.1) is 11.3 Å². The minimum absolute atomic E-state index is 0.0929. The van der Waals surface area contributed by atoms with Gasteiger partial charge < -0.3 is 4.74 Å². The number of aliphatic imine (C=N–C) groups is 1. The predicted molar refractivity (Wildman–Crippen MR) is 83.7 cm³/mol. The molecule has 0 aliphatic carbocycles. The highest BCUT2D eigenvalue weighted by Gasteiger charge is 2.25. The van der Waals surface area contributed by atoms with Crippen LogP contribution in [0.2, 0.25) is 0 Å². The Kier molecular flexibility index (Phi) is 6.03. The van der Waals surface area contributed by atoms with Gasteiger partial charge in [-0.25, -0.2) is 18.2 Å². The molecular weight excluding hydrogens is 312 g/mol. The van der Waals surface area contributed by atoms with Crippen molar-refractivity contribution in [2.75, 3.05) is 12.0 Å². The summed E-state index contributed by atoms with van der Waals surface area (Å²) in [6.07, 6.45) is 4.33. The number of sulfone groups is 1. The Morgan fingerprint density at radius 2 is 2.19 bits per heavy atom. The molecule has 1 unspecified atom stereocenters. The number of carbonyl (C=O) groups is 1. The quantitative estimate of drug-likeness (QED) is 0.585. The number of ether oxygens (including phenoxy) is 1. The molecule has 118 valence electrons. The van der Waals surface area contributed by atoms with Gasteiger partial charge in [0, 0.05) is 17.8 Å². The second-order valence-electron chi connectivity index (χ2n) is 5.62. The van der Waals surface area contributed by atoms with Gasteiger partial charge in [-0.05, 0) is 27.2 Å². The van der Waals surface area contributed by atoms with Crippen molar-refractivity contribution in [2.45, 2.75) is 38.8 Å². The molecule has 1 heterocycles. The zero-order valence-electron chi connectivity index (χ0n) is 12.6. The third-order valence-corrected chi connectivity index (χ3v) is 3.94. The fourth-order valence-electron chi connectivity index (χ4n) is 1.40. The number of hydrogen-bond acceptors (Lipinski definition) is 7. The molecule has 1 aromatic rings. The maximum atomic E-state index is 12.1. The Morgan fingerprint density at radius 1 is 1.52 bits per heavy atom. The van der Waals surface area contributed by atoms with Crippen molar-refractivity contribution in [2.24, 2.45) is 4.99 Å². The smallest absolute Gasteiger partial charge is 0.331 e. The molecule has 6 nitrogen and oxygen atoms in total. The van der Waals surface area contributed by atoms with E-state index in [0.29, 0.717) is 5.01 Å². The van der Waals surface area contributed by atoms with Crippen molar-refractivity contribution in [3.8, 4) is 0 Å². The molecule has 0 radical (unpaired) electrons. The molecule has 0 aromatic carbocycles. The van der Waals surface area contributed by atoms with E-state index in [9.17, 15) is 13.2 Å². The first-order chi connectivity index (χ1) is 9.57. The molecule has 0 fully saturated rings. The molecule has 21 heavy (non-hydrogen) atoms. The fraction of sp³-hybridized carbons (Fsp3) is 0.615. The number of thiazole rings is 1. The Bertz CT molecular complexity index is 586. The van der Waals surface area contributed by atoms with E-state index in [2.05, 4.69) is 9.98 Å². The van der Waals surface area contributed by atoms with Crippen molar-refractivity contribution in [3.63, 3.8) is 0 Å². The second-order valence-corrected chi connectivity index (χ2v) is 8.80. The Morgan fingerprint density at radius 3 is 2.67 bits per heavy atom. The molecule has 0 saturated heterocycles. The Labute approximate surface area is 129 Å². The first kappa shape index (κ1) is 17.8. The minimum atomic E-state index is -3.16. The molecule has 0 saturated carbocycles. The van der Waals surface area contributed by atoms with Gasteiger partial charge in [0.25, 0.3) is 0 Å². The number of carbonyl (C=O) groups excluding carboxylic acids is 1. The molecule has 0 aliphatic heterocycles. The van der Waals surface area contributed by atoms with E-state index in [1.165, 1.54) is 17.6 Å². The van der Waals surface area contributed by atoms with Crippen molar-refractivity contribution in [1.82, 2.24) is 4.98 Å². The summed E-state index contributed by atoms with van der Waals surface area (Å²) in [5.74, 6) is -0.648. The zero-order chi connectivity index (χ0) is 16.1. The van der Waals surface area contributed by atoms with Crippen molar-refractivity contribution in [1.29, 1.82) is 0 Å². The van der Waals surface area contributed by atoms with Gasteiger partial charge in [0.15, 0.2) is 0 Å². The van der Waals surface area contributed by atoms with Crippen LogP contribution in [0.4, 0.5) is 0 Å². The highest BCUT2D eigenvalue weighted by molar-refractivity contribution is 7.90. The van der Waals surface area contributed by atoms with Gasteiger partial charge in [0.05, 0.1) is 12.0 Å². The van der Waals surface area contributed by atoms with E-state index >= 15 is 0 Å². The topological polar surface area (TPSA) is 85.7 Å². The first-order valence-corrected chi connectivity index (χ1v) is 9.34. The second kappa shape index (κ2) is 7.13. The van der Waals surface area contributed by atoms with Crippen LogP contribution in [-0.4, -0.2) is 49.2 Å². The van der Waals surface area contributed by atoms with Gasteiger partial charge in [-0.2, -0.15) is 0 Å². The van der Waals surface area contributed by atoms with Crippen LogP contribution in [0.3, 0.4) is 0 Å². The lowest BCUT2D eigenvalue weighted by atomic mass is 10.2. The van der Waals surface area contributed by atoms with E-state index < -0.39 is 27.4 Å². The summed E-state index contributed by atoms with van der Waals surface area (Å²) in [5, 5.41) is 2.45. The predicted octanol–water partition coefficient (Wildman–Crippen LogP) is 1.71. The number of aromatic nitrogens is 1. The summed E-state index contributed by atoms with van der Waals surface area (Å²) in [4.78, 5) is 20.3. The third-order valence-electron chi connectivity index (χ3n) is 2.26. The summed E-state index contributed by atoms with van der Waals surface area (Å²) in [5.41, 5.74) is -0.642. The minimum Gasteiger partial charge on any atom is -0.458 e. The normalized spacial score (nSPS) is 14.3. The molecule has 0 aliphatic rings. The van der Waals surface area contributed by atoms with E-state index in [1.807, 2.05) is 0 Å². The van der Waals surface area contributed by atoms with Crippen LogP contribution < -0.4 is 0 Å². The molecule has 0 N–H and O–H groups in total. The van der Waals surface area contributed by atoms with Crippen molar-refractivity contribution >= 4 is 33.4 Å². The third kappa shape index (κ3) is 7.91. The first-order valence-electron chi connectivity index (χ1n) is 6.40. The molecule has 1 aromatic heterocycles. The van der Waals surface area contributed by atoms with Crippen LogP contribution in [0, 0.1) is 0 Å². The highest BCUT2D eigenvalue weighted by Crippen LogP contribution is 2.13. The van der Waals surface area contributed by atoms with Crippen molar-refractivity contribution in [3.05, 3.63) is 16.6 Å². The SMILES string of the molecule is CC(C)(C)OC(=O)C(CCS(C)(=O)=O)N=Cc1nccs1. The standard InChI is InChI=1S/C13H20N2O4S2/c1-13(2,3)19-12(16)10(5-8-21(4,17)18)15-9-11-14-6-7-20-11/h6-7,9-10H,5,8H2,1-4H3. The number of hydrogen-bond donors (Lipinski definition) is 0. The van der Waals surface area contributed by atoms with E-state index in [1.54, 1.807) is 32.3 Å². The molecule has 8 heteroatoms. The maximum absolute atomic E-state index is 12.1. The van der Waals surface area contributed by atoms with Gasteiger partial charge in [-0.3, -0.25) is 4.99 Å². The lowest BCUT2D eigenvalue weighted by Gasteiger charge is -2.22. The van der Waals surface area contributed by atoms with Crippen LogP contribution in [0.5, 0.6) is 0 Å². The average molecular weight is 332 g/mol. The molecule has 1 rings (SSSR count). The maximum Gasteiger partial charge on any atom is 0.331 e. The van der Waals surface area contributed by atoms with Gasteiger partial charge in [-0.1, -0.05) is 0 Å². The molecule has 0 amide bonds. The largest absolute Gasteiger partial charge is 0.458 e. The summed E-state index contributed by atoms with van der Waals surface area (Å²) < 4.78 is 27.8. The Balaban J connectivity index is 2.81. The molecule has 1 atom stereocenters. The van der Waals surface area contributed by atoms with E-state index in [0.717, 1.165) is 6.26 Å². The van der Waals surface area contributed by atoms with Gasteiger partial charge in [0.2, 0.25) is 0 Å². The van der Waals surface area contributed by atoms with E-state index in [-0.39, 0.29) is 12.2 Å². The summed E-state index contributed by atoms with van der Waals surface area (Å²) in [6.45, 7) is 5.26. The van der Waals surface area contributed by atoms with Crippen LogP contribution in [0.1, 0.15) is 32.2 Å². The Hall–Kier alpha value is -1.28. The number of esters is 1. The van der Waals surface area contributed by atoms with Crippen LogP contribution in [0.25, 0.3) is 0 Å². The summed E-state index contributed by atoms with van der Waals surface area (Å²) in [7, 11) is -3.16. The summed E-state index contributed by atoms with van der Waals surface area (Å²) in [6, 6.07) is -0.845. The van der Waals surface area contributed by atoms with Crippen LogP contribution >= 0.6 is 11.3 Å². The lowest BCUT2D eigenvalue weighted by Crippen LogP contribution is -2.32. The van der Waals surface area contributed by atoms with Gasteiger partial charge >= 0.3 is 5.97 Å². The highest BCUT2D eigenvalue weighted by atomic mass is 32.2. The zero-order valence-corrected chi connectivity index (χ0v) is 14.2.